The van der Waals surface area contributed by atoms with E-state index in [0.29, 0.717) is 29.8 Å². The van der Waals surface area contributed by atoms with Gasteiger partial charge >= 0.3 is 0 Å². The molecule has 4 aliphatic rings. The summed E-state index contributed by atoms with van der Waals surface area (Å²) in [6.45, 7) is 3.11. The molecule has 4 rings (SSSR count). The molecule has 0 aromatic rings. The molecule has 4 heterocycles. The average molecular weight is 273 g/mol. The molecule has 4 fully saturated rings. The molecule has 0 aromatic heterocycles. The van der Waals surface area contributed by atoms with E-state index in [1.54, 1.807) is 0 Å². The van der Waals surface area contributed by atoms with Gasteiger partial charge in [-0.25, -0.2) is 0 Å². The smallest absolute Gasteiger partial charge is 0.222 e. The summed E-state index contributed by atoms with van der Waals surface area (Å²) in [5.74, 6) is 1.76. The van der Waals surface area contributed by atoms with Gasteiger partial charge in [0, 0.05) is 31.6 Å². The van der Waals surface area contributed by atoms with Gasteiger partial charge in [0.1, 0.15) is 0 Å². The summed E-state index contributed by atoms with van der Waals surface area (Å²) in [5, 5.41) is 9.37. The summed E-state index contributed by atoms with van der Waals surface area (Å²) in [6, 6.07) is 3.58. The van der Waals surface area contributed by atoms with Crippen LogP contribution in [0.4, 0.5) is 0 Å². The molecule has 20 heavy (non-hydrogen) atoms. The number of carbonyl (C=O) groups excluding carboxylic acids is 1. The fraction of sp³-hybridized carbons (Fsp3) is 0.875. The number of fused-ring (bicyclic) bond motifs is 2. The van der Waals surface area contributed by atoms with Crippen molar-refractivity contribution in [2.75, 3.05) is 19.6 Å². The molecule has 4 saturated heterocycles. The first-order valence-electron chi connectivity index (χ1n) is 8.21. The van der Waals surface area contributed by atoms with Crippen LogP contribution in [0.1, 0.15) is 38.5 Å². The molecule has 0 spiro atoms. The van der Waals surface area contributed by atoms with Crippen molar-refractivity contribution in [3.05, 3.63) is 0 Å². The molecule has 4 heteroatoms. The first-order chi connectivity index (χ1) is 9.78. The topological polar surface area (TPSA) is 47.3 Å². The Balaban J connectivity index is 1.67. The highest BCUT2D eigenvalue weighted by atomic mass is 16.2. The maximum absolute atomic E-state index is 12.3. The van der Waals surface area contributed by atoms with E-state index in [2.05, 4.69) is 15.9 Å². The number of carbonyl (C=O) groups is 1. The Bertz CT molecular complexity index is 457. The summed E-state index contributed by atoms with van der Waals surface area (Å²) < 4.78 is 0. The van der Waals surface area contributed by atoms with E-state index in [9.17, 15) is 10.1 Å². The number of nitrogens with zero attached hydrogens (tertiary/aromatic N) is 3. The monoisotopic (exact) mass is 273 g/mol. The van der Waals surface area contributed by atoms with Crippen molar-refractivity contribution < 1.29 is 4.79 Å². The number of hydrogen-bond donors (Lipinski definition) is 0. The van der Waals surface area contributed by atoms with E-state index >= 15 is 0 Å². The van der Waals surface area contributed by atoms with Gasteiger partial charge in [0.05, 0.1) is 12.0 Å². The van der Waals surface area contributed by atoms with Gasteiger partial charge in [0.15, 0.2) is 0 Å². The fourth-order valence-corrected chi connectivity index (χ4v) is 5.39. The fourth-order valence-electron chi connectivity index (χ4n) is 5.39. The zero-order chi connectivity index (χ0) is 13.7. The molecule has 0 aromatic carbocycles. The van der Waals surface area contributed by atoms with E-state index in [1.807, 2.05) is 0 Å². The quantitative estimate of drug-likeness (QED) is 0.674. The zero-order valence-electron chi connectivity index (χ0n) is 12.0. The van der Waals surface area contributed by atoms with Crippen molar-refractivity contribution in [2.24, 2.45) is 17.8 Å². The second kappa shape index (κ2) is 4.73. The van der Waals surface area contributed by atoms with Crippen LogP contribution in [0.5, 0.6) is 0 Å². The average Bonchev–Trinajstić information content (AvgIpc) is 2.48. The lowest BCUT2D eigenvalue weighted by Gasteiger charge is -2.59. The molecule has 0 N–H and O–H groups in total. The van der Waals surface area contributed by atoms with Gasteiger partial charge in [-0.3, -0.25) is 9.69 Å². The van der Waals surface area contributed by atoms with Crippen molar-refractivity contribution in [3.63, 3.8) is 0 Å². The molecule has 5 atom stereocenters. The number of nitriles is 1. The van der Waals surface area contributed by atoms with Gasteiger partial charge in [-0.2, -0.15) is 5.26 Å². The van der Waals surface area contributed by atoms with Crippen LogP contribution in [-0.2, 0) is 4.79 Å². The molecular weight excluding hydrogens is 250 g/mol. The minimum atomic E-state index is 0.173. The van der Waals surface area contributed by atoms with Gasteiger partial charge in [-0.05, 0) is 50.5 Å². The van der Waals surface area contributed by atoms with E-state index < -0.39 is 0 Å². The predicted octanol–water partition coefficient (Wildman–Crippen LogP) is 1.62. The summed E-state index contributed by atoms with van der Waals surface area (Å²) in [6.07, 6.45) is 6.47. The molecule has 4 aliphatic heterocycles. The first kappa shape index (κ1) is 12.6. The number of rotatable bonds is 0. The Morgan fingerprint density at radius 2 is 2.10 bits per heavy atom. The normalized spacial score (nSPS) is 44.5. The Morgan fingerprint density at radius 3 is 2.95 bits per heavy atom. The Morgan fingerprint density at radius 1 is 1.20 bits per heavy atom. The standard InChI is InChI=1S/C16H23N3O/c17-8-11-7-13-14-4-1-5-15(20)19(14)10-12-3-2-6-18(9-11)16(12)13/h11-14,16H,1-7,9-10H2/t11-,12+,13-,14-,16+/m1/s1. The summed E-state index contributed by atoms with van der Waals surface area (Å²) in [4.78, 5) is 17.0. The lowest BCUT2D eigenvalue weighted by Crippen LogP contribution is -2.67. The minimum absolute atomic E-state index is 0.173. The van der Waals surface area contributed by atoms with Crippen LogP contribution in [-0.4, -0.2) is 47.4 Å². The highest BCUT2D eigenvalue weighted by molar-refractivity contribution is 5.77. The van der Waals surface area contributed by atoms with Gasteiger partial charge in [0.25, 0.3) is 0 Å². The van der Waals surface area contributed by atoms with Crippen LogP contribution in [0.15, 0.2) is 0 Å². The Labute approximate surface area is 120 Å². The first-order valence-corrected chi connectivity index (χ1v) is 8.21. The number of amides is 1. The minimum Gasteiger partial charge on any atom is -0.339 e. The molecule has 0 saturated carbocycles. The third kappa shape index (κ3) is 1.79. The number of hydrogen-bond acceptors (Lipinski definition) is 3. The largest absolute Gasteiger partial charge is 0.339 e. The van der Waals surface area contributed by atoms with Crippen LogP contribution in [0.25, 0.3) is 0 Å². The van der Waals surface area contributed by atoms with Gasteiger partial charge in [0.2, 0.25) is 5.91 Å². The van der Waals surface area contributed by atoms with Crippen molar-refractivity contribution in [1.29, 1.82) is 5.26 Å². The predicted molar refractivity (Wildman–Crippen MR) is 74.6 cm³/mol. The summed E-state index contributed by atoms with van der Waals surface area (Å²) in [5.41, 5.74) is 0. The van der Waals surface area contributed by atoms with Crippen molar-refractivity contribution >= 4 is 5.91 Å². The molecule has 108 valence electrons. The van der Waals surface area contributed by atoms with Crippen molar-refractivity contribution in [3.8, 4) is 6.07 Å². The number of piperidine rings is 4. The summed E-state index contributed by atoms with van der Waals surface area (Å²) in [7, 11) is 0. The van der Waals surface area contributed by atoms with E-state index in [4.69, 9.17) is 0 Å². The SMILES string of the molecule is N#C[C@H]1C[C@H]2[C@@H]3[C@@H](CCCN3C1)CN1C(=O)CCC[C@H]21. The lowest BCUT2D eigenvalue weighted by atomic mass is 9.66. The van der Waals surface area contributed by atoms with Crippen molar-refractivity contribution in [1.82, 2.24) is 9.80 Å². The highest BCUT2D eigenvalue weighted by Crippen LogP contribution is 2.45. The maximum atomic E-state index is 12.3. The molecule has 0 unspecified atom stereocenters. The molecule has 1 amide bonds. The van der Waals surface area contributed by atoms with Gasteiger partial charge in [-0.15, -0.1) is 0 Å². The molecule has 0 radical (unpaired) electrons. The third-order valence-corrected chi connectivity index (χ3v) is 6.09. The third-order valence-electron chi connectivity index (χ3n) is 6.09. The highest BCUT2D eigenvalue weighted by Gasteiger charge is 2.52. The zero-order valence-corrected chi connectivity index (χ0v) is 12.0. The lowest BCUT2D eigenvalue weighted by molar-refractivity contribution is -0.152. The van der Waals surface area contributed by atoms with Crippen LogP contribution in [0.3, 0.4) is 0 Å². The van der Waals surface area contributed by atoms with Gasteiger partial charge in [-0.1, -0.05) is 0 Å². The second-order valence-electron chi connectivity index (χ2n) is 7.12. The summed E-state index contributed by atoms with van der Waals surface area (Å²) >= 11 is 0. The van der Waals surface area contributed by atoms with Crippen LogP contribution >= 0.6 is 0 Å². The Kier molecular flexibility index (Phi) is 2.99. The van der Waals surface area contributed by atoms with Gasteiger partial charge < -0.3 is 4.90 Å². The Hall–Kier alpha value is -1.08. The van der Waals surface area contributed by atoms with Crippen LogP contribution in [0.2, 0.25) is 0 Å². The second-order valence-corrected chi connectivity index (χ2v) is 7.12. The van der Waals surface area contributed by atoms with Crippen LogP contribution in [0, 0.1) is 29.1 Å². The molecule has 0 bridgehead atoms. The molecular formula is C16H23N3O. The van der Waals surface area contributed by atoms with E-state index in [-0.39, 0.29) is 5.92 Å². The van der Waals surface area contributed by atoms with E-state index in [1.165, 1.54) is 12.8 Å². The molecule has 4 nitrogen and oxygen atoms in total. The maximum Gasteiger partial charge on any atom is 0.222 e. The van der Waals surface area contributed by atoms with E-state index in [0.717, 1.165) is 45.3 Å². The van der Waals surface area contributed by atoms with Crippen LogP contribution < -0.4 is 0 Å². The van der Waals surface area contributed by atoms with Crippen molar-refractivity contribution in [2.45, 2.75) is 50.6 Å². The molecule has 0 aliphatic carbocycles.